The van der Waals surface area contributed by atoms with Gasteiger partial charge in [0.25, 0.3) is 0 Å². The number of rotatable bonds is 8. The minimum Gasteiger partial charge on any atom is -0.385 e. The first-order valence-electron chi connectivity index (χ1n) is 6.09. The van der Waals surface area contributed by atoms with Crippen LogP contribution in [0.15, 0.2) is 17.4 Å². The van der Waals surface area contributed by atoms with E-state index in [1.165, 1.54) is 0 Å². The van der Waals surface area contributed by atoms with Crippen LogP contribution >= 0.6 is 0 Å². The molecule has 102 valence electrons. The Morgan fingerprint density at radius 2 is 2.44 bits per heavy atom. The number of ether oxygens (including phenoxy) is 1. The number of aryl methyl sites for hydroxylation is 1. The molecule has 0 atom stereocenters. The summed E-state index contributed by atoms with van der Waals surface area (Å²) in [6, 6.07) is 0. The van der Waals surface area contributed by atoms with Gasteiger partial charge in [0.15, 0.2) is 0 Å². The van der Waals surface area contributed by atoms with Gasteiger partial charge in [-0.2, -0.15) is 0 Å². The van der Waals surface area contributed by atoms with Crippen LogP contribution in [-0.4, -0.2) is 42.7 Å². The van der Waals surface area contributed by atoms with Gasteiger partial charge in [0.05, 0.1) is 0 Å². The van der Waals surface area contributed by atoms with Crippen LogP contribution in [0, 0.1) is 0 Å². The summed E-state index contributed by atoms with van der Waals surface area (Å²) in [5, 5.41) is 3.11. The number of hydrogen-bond acceptors (Lipinski definition) is 4. The molecule has 1 rings (SSSR count). The largest absolute Gasteiger partial charge is 0.385 e. The van der Waals surface area contributed by atoms with Gasteiger partial charge in [0, 0.05) is 45.6 Å². The van der Waals surface area contributed by atoms with Crippen molar-refractivity contribution in [3.8, 4) is 0 Å². The molecule has 0 aromatic carbocycles. The number of nitrogens with two attached hydrogens (primary N) is 1. The Morgan fingerprint density at radius 3 is 3.11 bits per heavy atom. The maximum Gasteiger partial charge on any atom is 0.205 e. The molecule has 1 heterocycles. The average molecular weight is 254 g/mol. The lowest BCUT2D eigenvalue weighted by atomic mass is 10.3. The monoisotopic (exact) mass is 254 g/mol. The second-order valence-corrected chi connectivity index (χ2v) is 3.79. The smallest absolute Gasteiger partial charge is 0.205 e. The van der Waals surface area contributed by atoms with Crippen LogP contribution in [0.3, 0.4) is 0 Å². The van der Waals surface area contributed by atoms with Crippen molar-refractivity contribution in [2.45, 2.75) is 19.3 Å². The van der Waals surface area contributed by atoms with Crippen LogP contribution in [0.25, 0.3) is 0 Å². The van der Waals surface area contributed by atoms with Gasteiger partial charge in [-0.25, -0.2) is 10.8 Å². The normalized spacial score (nSPS) is 11.6. The first kappa shape index (κ1) is 14.5. The highest BCUT2D eigenvalue weighted by Gasteiger charge is 1.96. The SMILES string of the molecule is COCCCNC(=NCCCc1ncc[nH]1)NN. The predicted molar refractivity (Wildman–Crippen MR) is 71.0 cm³/mol. The zero-order valence-corrected chi connectivity index (χ0v) is 10.8. The highest BCUT2D eigenvalue weighted by Crippen LogP contribution is 1.94. The minimum atomic E-state index is 0.616. The summed E-state index contributed by atoms with van der Waals surface area (Å²) in [7, 11) is 1.69. The van der Waals surface area contributed by atoms with E-state index < -0.39 is 0 Å². The Kier molecular flexibility index (Phi) is 7.58. The van der Waals surface area contributed by atoms with Crippen molar-refractivity contribution in [1.29, 1.82) is 0 Å². The van der Waals surface area contributed by atoms with Crippen molar-refractivity contribution < 1.29 is 4.74 Å². The molecule has 7 nitrogen and oxygen atoms in total. The van der Waals surface area contributed by atoms with E-state index in [2.05, 4.69) is 25.7 Å². The van der Waals surface area contributed by atoms with Crippen molar-refractivity contribution in [1.82, 2.24) is 20.7 Å². The first-order chi connectivity index (χ1) is 8.86. The van der Waals surface area contributed by atoms with Crippen molar-refractivity contribution in [3.63, 3.8) is 0 Å². The number of hydrogen-bond donors (Lipinski definition) is 4. The molecule has 0 amide bonds. The van der Waals surface area contributed by atoms with E-state index in [9.17, 15) is 0 Å². The molecule has 5 N–H and O–H groups in total. The van der Waals surface area contributed by atoms with Gasteiger partial charge in [-0.05, 0) is 12.8 Å². The molecule has 0 aliphatic rings. The summed E-state index contributed by atoms with van der Waals surface area (Å²) in [5.41, 5.74) is 2.55. The third-order valence-electron chi connectivity index (χ3n) is 2.35. The Hall–Kier alpha value is -1.60. The second-order valence-electron chi connectivity index (χ2n) is 3.79. The van der Waals surface area contributed by atoms with Crippen molar-refractivity contribution in [2.24, 2.45) is 10.8 Å². The second kappa shape index (κ2) is 9.43. The maximum absolute atomic E-state index is 5.37. The number of aromatic nitrogens is 2. The molecule has 0 spiro atoms. The number of aliphatic imine (C=N–C) groups is 1. The molecule has 0 fully saturated rings. The predicted octanol–water partition coefficient (Wildman–Crippen LogP) is -0.212. The Balaban J connectivity index is 2.13. The molecule has 0 unspecified atom stereocenters. The zero-order chi connectivity index (χ0) is 13.1. The summed E-state index contributed by atoms with van der Waals surface area (Å²) in [5.74, 6) is 6.97. The third kappa shape index (κ3) is 6.21. The number of guanidine groups is 1. The molecular weight excluding hydrogens is 232 g/mol. The molecule has 0 aliphatic heterocycles. The number of nitrogens with zero attached hydrogens (tertiary/aromatic N) is 2. The molecule has 0 aliphatic carbocycles. The molecule has 18 heavy (non-hydrogen) atoms. The van der Waals surface area contributed by atoms with Crippen molar-refractivity contribution in [3.05, 3.63) is 18.2 Å². The molecule has 1 aromatic rings. The summed E-state index contributed by atoms with van der Waals surface area (Å²) < 4.78 is 4.96. The summed E-state index contributed by atoms with van der Waals surface area (Å²) >= 11 is 0. The quantitative estimate of drug-likeness (QED) is 0.169. The molecule has 0 bridgehead atoms. The van der Waals surface area contributed by atoms with Gasteiger partial charge >= 0.3 is 0 Å². The highest BCUT2D eigenvalue weighted by molar-refractivity contribution is 5.79. The van der Waals surface area contributed by atoms with E-state index in [1.807, 2.05) is 6.20 Å². The van der Waals surface area contributed by atoms with Crippen molar-refractivity contribution in [2.75, 3.05) is 26.8 Å². The number of nitrogens with one attached hydrogen (secondary N) is 3. The molecule has 0 radical (unpaired) electrons. The minimum absolute atomic E-state index is 0.616. The molecular formula is C11H22N6O. The summed E-state index contributed by atoms with van der Waals surface area (Å²) in [4.78, 5) is 11.5. The fourth-order valence-electron chi connectivity index (χ4n) is 1.45. The van der Waals surface area contributed by atoms with Crippen LogP contribution in [-0.2, 0) is 11.2 Å². The Labute approximate surface area is 107 Å². The summed E-state index contributed by atoms with van der Waals surface area (Å²) in [6.07, 6.45) is 6.31. The van der Waals surface area contributed by atoms with Gasteiger partial charge in [0.1, 0.15) is 5.82 Å². The highest BCUT2D eigenvalue weighted by atomic mass is 16.5. The standard InChI is InChI=1S/C11H22N6O/c1-18-9-3-6-16-11(17-12)15-5-2-4-10-13-7-8-14-10/h7-8H,2-6,9,12H2,1H3,(H,13,14)(H2,15,16,17). The van der Waals surface area contributed by atoms with Crippen molar-refractivity contribution >= 4 is 5.96 Å². The summed E-state index contributed by atoms with van der Waals surface area (Å²) in [6.45, 7) is 2.22. The number of methoxy groups -OCH3 is 1. The van der Waals surface area contributed by atoms with Gasteiger partial charge in [-0.1, -0.05) is 0 Å². The van der Waals surface area contributed by atoms with Crippen LogP contribution in [0.4, 0.5) is 0 Å². The fraction of sp³-hybridized carbons (Fsp3) is 0.636. The maximum atomic E-state index is 5.37. The van der Waals surface area contributed by atoms with E-state index in [4.69, 9.17) is 10.6 Å². The Bertz CT molecular complexity index is 324. The van der Waals surface area contributed by atoms with Gasteiger partial charge in [0.2, 0.25) is 5.96 Å². The number of imidazole rings is 1. The van der Waals surface area contributed by atoms with E-state index >= 15 is 0 Å². The lowest BCUT2D eigenvalue weighted by Crippen LogP contribution is -2.42. The Morgan fingerprint density at radius 1 is 1.56 bits per heavy atom. The number of H-pyrrole nitrogens is 1. The van der Waals surface area contributed by atoms with Gasteiger partial charge in [-0.15, -0.1) is 0 Å². The number of aromatic amines is 1. The first-order valence-corrected chi connectivity index (χ1v) is 6.09. The lowest BCUT2D eigenvalue weighted by Gasteiger charge is -2.08. The third-order valence-corrected chi connectivity index (χ3v) is 2.35. The van der Waals surface area contributed by atoms with E-state index in [0.717, 1.165) is 38.2 Å². The van der Waals surface area contributed by atoms with E-state index in [-0.39, 0.29) is 0 Å². The van der Waals surface area contributed by atoms with Crippen LogP contribution < -0.4 is 16.6 Å². The van der Waals surface area contributed by atoms with Gasteiger partial charge in [-0.3, -0.25) is 10.4 Å². The van der Waals surface area contributed by atoms with Crippen LogP contribution in [0.5, 0.6) is 0 Å². The molecule has 0 saturated carbocycles. The molecule has 1 aromatic heterocycles. The van der Waals surface area contributed by atoms with E-state index in [1.54, 1.807) is 13.3 Å². The van der Waals surface area contributed by atoms with E-state index in [0.29, 0.717) is 12.5 Å². The van der Waals surface area contributed by atoms with Gasteiger partial charge < -0.3 is 15.0 Å². The average Bonchev–Trinajstić information content (AvgIpc) is 2.90. The van der Waals surface area contributed by atoms with Crippen LogP contribution in [0.1, 0.15) is 18.7 Å². The van der Waals surface area contributed by atoms with Crippen LogP contribution in [0.2, 0.25) is 0 Å². The molecule has 0 saturated heterocycles. The molecule has 7 heteroatoms. The zero-order valence-electron chi connectivity index (χ0n) is 10.8. The number of hydrazine groups is 1. The fourth-order valence-corrected chi connectivity index (χ4v) is 1.45. The lowest BCUT2D eigenvalue weighted by molar-refractivity contribution is 0.195. The topological polar surface area (TPSA) is 100 Å².